The normalized spacial score (nSPS) is 23.4. The van der Waals surface area contributed by atoms with E-state index in [-0.39, 0.29) is 12.1 Å². The maximum absolute atomic E-state index is 12.2. The van der Waals surface area contributed by atoms with Gasteiger partial charge in [0.05, 0.1) is 6.04 Å². The first-order valence-electron chi connectivity index (χ1n) is 8.61. The number of nitrogens with zero attached hydrogens (tertiary/aromatic N) is 1. The highest BCUT2D eigenvalue weighted by Crippen LogP contribution is 2.50. The van der Waals surface area contributed by atoms with E-state index >= 15 is 0 Å². The molecule has 4 rings (SSSR count). The van der Waals surface area contributed by atoms with E-state index < -0.39 is 11.9 Å². The molecule has 1 fully saturated rings. The van der Waals surface area contributed by atoms with Crippen LogP contribution in [0.1, 0.15) is 53.6 Å². The predicted octanol–water partition coefficient (Wildman–Crippen LogP) is 4.09. The van der Waals surface area contributed by atoms with Gasteiger partial charge in [0, 0.05) is 16.5 Å². The van der Waals surface area contributed by atoms with Crippen molar-refractivity contribution in [1.29, 1.82) is 0 Å². The molecule has 1 aromatic heterocycles. The number of carbonyl (C=O) groups is 1. The lowest BCUT2D eigenvalue weighted by Crippen LogP contribution is -2.43. The molecule has 1 N–H and O–H groups in total. The molecule has 2 atom stereocenters. The molecule has 1 aliphatic heterocycles. The number of hydrogen-bond donors (Lipinski definition) is 1. The van der Waals surface area contributed by atoms with Gasteiger partial charge in [0.25, 0.3) is 0 Å². The van der Waals surface area contributed by atoms with Crippen LogP contribution in [-0.4, -0.2) is 28.0 Å². The fourth-order valence-corrected chi connectivity index (χ4v) is 5.18. The molecule has 2 unspecified atom stereocenters. The fourth-order valence-electron chi connectivity index (χ4n) is 4.32. The SMILES string of the molecule is O=C=C1c2ccccc2C(C(=O)O)C(c2cccs2)N1C1CCCC1. The summed E-state index contributed by atoms with van der Waals surface area (Å²) in [7, 11) is 0. The second-order valence-electron chi connectivity index (χ2n) is 6.66. The second-order valence-corrected chi connectivity index (χ2v) is 7.64. The van der Waals surface area contributed by atoms with Gasteiger partial charge in [0.2, 0.25) is 0 Å². The molecular weight excluding hydrogens is 334 g/mol. The maximum atomic E-state index is 12.2. The lowest BCUT2D eigenvalue weighted by atomic mass is 9.80. The minimum absolute atomic E-state index is 0.193. The smallest absolute Gasteiger partial charge is 0.313 e. The van der Waals surface area contributed by atoms with Crippen molar-refractivity contribution in [1.82, 2.24) is 4.90 Å². The molecule has 0 bridgehead atoms. The van der Waals surface area contributed by atoms with Crippen molar-refractivity contribution in [3.05, 3.63) is 57.8 Å². The van der Waals surface area contributed by atoms with Gasteiger partial charge in [-0.3, -0.25) is 4.79 Å². The molecule has 25 heavy (non-hydrogen) atoms. The van der Waals surface area contributed by atoms with Crippen LogP contribution < -0.4 is 0 Å². The summed E-state index contributed by atoms with van der Waals surface area (Å²) < 4.78 is 0. The summed E-state index contributed by atoms with van der Waals surface area (Å²) in [6, 6.07) is 11.1. The van der Waals surface area contributed by atoms with E-state index in [1.54, 1.807) is 11.3 Å². The van der Waals surface area contributed by atoms with E-state index in [1.807, 2.05) is 41.8 Å². The van der Waals surface area contributed by atoms with Crippen molar-refractivity contribution in [2.24, 2.45) is 0 Å². The molecular formula is C20H19NO3S. The third kappa shape index (κ3) is 2.60. The van der Waals surface area contributed by atoms with Crippen molar-refractivity contribution >= 4 is 28.9 Å². The number of aliphatic carboxylic acids is 1. The lowest BCUT2D eigenvalue weighted by Gasteiger charge is -2.45. The number of carboxylic acid groups (broad SMARTS) is 1. The van der Waals surface area contributed by atoms with Crippen LogP contribution in [0.3, 0.4) is 0 Å². The summed E-state index contributed by atoms with van der Waals surface area (Å²) in [5.41, 5.74) is 1.93. The summed E-state index contributed by atoms with van der Waals surface area (Å²) in [6.45, 7) is 0. The number of rotatable bonds is 3. The van der Waals surface area contributed by atoms with Crippen LogP contribution in [0.2, 0.25) is 0 Å². The largest absolute Gasteiger partial charge is 0.481 e. The molecule has 1 saturated carbocycles. The Kier molecular flexibility index (Phi) is 4.20. The molecule has 0 saturated heterocycles. The maximum Gasteiger partial charge on any atom is 0.313 e. The first-order valence-corrected chi connectivity index (χ1v) is 9.49. The third-order valence-corrected chi connectivity index (χ3v) is 6.28. The number of carbonyl (C=O) groups excluding carboxylic acids is 1. The van der Waals surface area contributed by atoms with Gasteiger partial charge >= 0.3 is 5.97 Å². The zero-order valence-corrected chi connectivity index (χ0v) is 14.5. The molecule has 0 amide bonds. The highest BCUT2D eigenvalue weighted by molar-refractivity contribution is 7.10. The molecule has 2 aliphatic rings. The molecule has 0 radical (unpaired) electrons. The standard InChI is InChI=1S/C20H19NO3S/c22-12-16-14-8-3-4-9-15(14)18(20(23)24)19(17-10-5-11-25-17)21(16)13-6-1-2-7-13/h3-5,8-11,13,18-19H,1-2,6-7H2,(H,23,24). The Bertz CT molecular complexity index is 832. The van der Waals surface area contributed by atoms with E-state index in [0.717, 1.165) is 30.6 Å². The van der Waals surface area contributed by atoms with Crippen LogP contribution in [0.15, 0.2) is 41.8 Å². The van der Waals surface area contributed by atoms with Crippen molar-refractivity contribution in [2.75, 3.05) is 0 Å². The predicted molar refractivity (Wildman–Crippen MR) is 97.1 cm³/mol. The van der Waals surface area contributed by atoms with Crippen LogP contribution in [0, 0.1) is 0 Å². The highest BCUT2D eigenvalue weighted by atomic mass is 32.1. The third-order valence-electron chi connectivity index (χ3n) is 5.34. The first-order chi connectivity index (χ1) is 12.2. The Morgan fingerprint density at radius 3 is 2.56 bits per heavy atom. The quantitative estimate of drug-likeness (QED) is 0.845. The summed E-state index contributed by atoms with van der Waals surface area (Å²) in [6.07, 6.45) is 4.21. The molecule has 0 spiro atoms. The van der Waals surface area contributed by atoms with Crippen molar-refractivity contribution < 1.29 is 14.7 Å². The van der Waals surface area contributed by atoms with Gasteiger partial charge < -0.3 is 10.0 Å². The van der Waals surface area contributed by atoms with Crippen LogP contribution in [0.25, 0.3) is 5.70 Å². The van der Waals surface area contributed by atoms with E-state index in [9.17, 15) is 14.7 Å². The minimum atomic E-state index is -0.848. The summed E-state index contributed by atoms with van der Waals surface area (Å²) in [5, 5.41) is 12.0. The zero-order chi connectivity index (χ0) is 17.4. The van der Waals surface area contributed by atoms with Crippen molar-refractivity contribution in [2.45, 2.75) is 43.7 Å². The highest BCUT2D eigenvalue weighted by Gasteiger charge is 2.46. The lowest BCUT2D eigenvalue weighted by molar-refractivity contribution is -0.140. The van der Waals surface area contributed by atoms with Crippen LogP contribution in [0.5, 0.6) is 0 Å². The molecule has 1 aliphatic carbocycles. The summed E-state index contributed by atoms with van der Waals surface area (Å²) >= 11 is 1.55. The molecule has 1 aromatic carbocycles. The molecule has 4 nitrogen and oxygen atoms in total. The Morgan fingerprint density at radius 1 is 1.16 bits per heavy atom. The van der Waals surface area contributed by atoms with E-state index in [2.05, 4.69) is 10.8 Å². The number of benzene rings is 1. The molecule has 5 heteroatoms. The molecule has 128 valence electrons. The molecule has 2 aromatic rings. The zero-order valence-electron chi connectivity index (χ0n) is 13.7. The van der Waals surface area contributed by atoms with Gasteiger partial charge in [0.1, 0.15) is 11.6 Å². The van der Waals surface area contributed by atoms with Crippen molar-refractivity contribution in [3.8, 4) is 0 Å². The van der Waals surface area contributed by atoms with E-state index in [0.29, 0.717) is 16.8 Å². The van der Waals surface area contributed by atoms with Gasteiger partial charge in [-0.05, 0) is 29.9 Å². The van der Waals surface area contributed by atoms with Gasteiger partial charge in [0.15, 0.2) is 5.94 Å². The van der Waals surface area contributed by atoms with Crippen LogP contribution >= 0.6 is 11.3 Å². The number of hydrogen-bond acceptors (Lipinski definition) is 4. The fraction of sp³-hybridized carbons (Fsp3) is 0.350. The Balaban J connectivity index is 1.96. The molecule has 2 heterocycles. The van der Waals surface area contributed by atoms with E-state index in [1.165, 1.54) is 0 Å². The first kappa shape index (κ1) is 16.1. The average Bonchev–Trinajstić information content (AvgIpc) is 3.32. The number of fused-ring (bicyclic) bond motifs is 1. The van der Waals surface area contributed by atoms with Gasteiger partial charge in [-0.2, -0.15) is 0 Å². The Morgan fingerprint density at radius 2 is 1.92 bits per heavy atom. The summed E-state index contributed by atoms with van der Waals surface area (Å²) in [4.78, 5) is 27.2. The number of thiophene rings is 1. The van der Waals surface area contributed by atoms with Gasteiger partial charge in [-0.1, -0.05) is 43.2 Å². The second kappa shape index (κ2) is 6.51. The topological polar surface area (TPSA) is 57.6 Å². The van der Waals surface area contributed by atoms with Crippen molar-refractivity contribution in [3.63, 3.8) is 0 Å². The summed E-state index contributed by atoms with van der Waals surface area (Å²) in [5.74, 6) is 0.607. The average molecular weight is 353 g/mol. The number of carboxylic acids is 1. The minimum Gasteiger partial charge on any atom is -0.481 e. The Labute approximate surface area is 150 Å². The Hall–Kier alpha value is -2.36. The van der Waals surface area contributed by atoms with Crippen LogP contribution in [-0.2, 0) is 9.59 Å². The van der Waals surface area contributed by atoms with Gasteiger partial charge in [-0.15, -0.1) is 11.3 Å². The van der Waals surface area contributed by atoms with Gasteiger partial charge in [-0.25, -0.2) is 4.79 Å². The van der Waals surface area contributed by atoms with Crippen LogP contribution in [0.4, 0.5) is 0 Å². The monoisotopic (exact) mass is 353 g/mol. The van der Waals surface area contributed by atoms with E-state index in [4.69, 9.17) is 0 Å².